The molecule has 0 aliphatic rings. The molecule has 0 fully saturated rings. The Morgan fingerprint density at radius 1 is 1.42 bits per heavy atom. The fraction of sp³-hybridized carbons (Fsp3) is 0.462. The van der Waals surface area contributed by atoms with Gasteiger partial charge in [0.1, 0.15) is 0 Å². The van der Waals surface area contributed by atoms with Gasteiger partial charge < -0.3 is 15.7 Å². The van der Waals surface area contributed by atoms with E-state index in [-0.39, 0.29) is 17.3 Å². The van der Waals surface area contributed by atoms with Crippen LogP contribution >= 0.6 is 11.6 Å². The van der Waals surface area contributed by atoms with Crippen molar-refractivity contribution in [3.05, 3.63) is 29.0 Å². The second kappa shape index (κ2) is 6.73. The molecule has 1 aromatic carbocycles. The van der Waals surface area contributed by atoms with Crippen LogP contribution in [0.2, 0.25) is 5.02 Å². The molecular formula is C13H18ClFN2O2. The maximum absolute atomic E-state index is 13.5. The Labute approximate surface area is 117 Å². The minimum absolute atomic E-state index is 0.00142. The van der Waals surface area contributed by atoms with Crippen LogP contribution in [0.1, 0.15) is 26.7 Å². The van der Waals surface area contributed by atoms with Gasteiger partial charge in [-0.3, -0.25) is 0 Å². The zero-order chi connectivity index (χ0) is 14.5. The van der Waals surface area contributed by atoms with Crippen LogP contribution in [0, 0.1) is 5.82 Å². The van der Waals surface area contributed by atoms with Crippen LogP contribution in [0.25, 0.3) is 0 Å². The highest BCUT2D eigenvalue weighted by atomic mass is 35.5. The van der Waals surface area contributed by atoms with Gasteiger partial charge in [0, 0.05) is 6.54 Å². The molecule has 106 valence electrons. The third-order valence-electron chi connectivity index (χ3n) is 3.09. The number of aliphatic hydroxyl groups is 1. The lowest BCUT2D eigenvalue weighted by molar-refractivity contribution is 0.0354. The maximum Gasteiger partial charge on any atom is 0.319 e. The number of carbonyl (C=O) groups is 1. The monoisotopic (exact) mass is 288 g/mol. The minimum atomic E-state index is -0.940. The molecular weight excluding hydrogens is 271 g/mol. The number of nitrogens with one attached hydrogen (secondary N) is 2. The second-order valence-corrected chi connectivity index (χ2v) is 4.75. The molecule has 0 unspecified atom stereocenters. The van der Waals surface area contributed by atoms with Crippen molar-refractivity contribution in [1.29, 1.82) is 0 Å². The molecule has 4 nitrogen and oxygen atoms in total. The molecule has 0 radical (unpaired) electrons. The van der Waals surface area contributed by atoms with Gasteiger partial charge in [0.2, 0.25) is 0 Å². The predicted molar refractivity (Wildman–Crippen MR) is 74.0 cm³/mol. The van der Waals surface area contributed by atoms with E-state index >= 15 is 0 Å². The van der Waals surface area contributed by atoms with Gasteiger partial charge in [-0.1, -0.05) is 31.5 Å². The van der Waals surface area contributed by atoms with Crippen LogP contribution in [-0.2, 0) is 0 Å². The van der Waals surface area contributed by atoms with E-state index < -0.39 is 17.4 Å². The molecule has 2 amide bonds. The standard InChI is InChI=1S/C13H18ClFN2O2/c1-3-13(19,4-2)8-16-12(18)17-10-7-5-6-9(14)11(10)15/h5-7,19H,3-4,8H2,1-2H3,(H2,16,17,18). The molecule has 1 rings (SSSR count). The number of urea groups is 1. The summed E-state index contributed by atoms with van der Waals surface area (Å²) in [7, 11) is 0. The Hall–Kier alpha value is -1.33. The van der Waals surface area contributed by atoms with E-state index in [2.05, 4.69) is 10.6 Å². The normalized spacial score (nSPS) is 11.2. The molecule has 1 aromatic rings. The number of rotatable bonds is 5. The van der Waals surface area contributed by atoms with Gasteiger partial charge >= 0.3 is 6.03 Å². The number of halogens is 2. The summed E-state index contributed by atoms with van der Waals surface area (Å²) in [5, 5.41) is 14.8. The molecule has 0 saturated heterocycles. The van der Waals surface area contributed by atoms with E-state index in [1.54, 1.807) is 0 Å². The van der Waals surface area contributed by atoms with Crippen molar-refractivity contribution in [2.24, 2.45) is 0 Å². The molecule has 0 aliphatic heterocycles. The number of anilines is 1. The van der Waals surface area contributed by atoms with E-state index in [0.29, 0.717) is 12.8 Å². The van der Waals surface area contributed by atoms with Crippen LogP contribution in [0.4, 0.5) is 14.9 Å². The zero-order valence-electron chi connectivity index (χ0n) is 11.0. The van der Waals surface area contributed by atoms with Crippen LogP contribution in [-0.4, -0.2) is 23.3 Å². The van der Waals surface area contributed by atoms with Crippen molar-refractivity contribution < 1.29 is 14.3 Å². The molecule has 6 heteroatoms. The lowest BCUT2D eigenvalue weighted by atomic mass is 9.98. The fourth-order valence-corrected chi connectivity index (χ4v) is 1.69. The van der Waals surface area contributed by atoms with E-state index in [1.165, 1.54) is 18.2 Å². The van der Waals surface area contributed by atoms with Crippen LogP contribution in [0.3, 0.4) is 0 Å². The van der Waals surface area contributed by atoms with Gasteiger partial charge in [0.15, 0.2) is 5.82 Å². The summed E-state index contributed by atoms with van der Waals surface area (Å²) in [6, 6.07) is 3.76. The van der Waals surface area contributed by atoms with Crippen molar-refractivity contribution in [1.82, 2.24) is 5.32 Å². The molecule has 0 spiro atoms. The molecule has 0 bridgehead atoms. The molecule has 0 heterocycles. The van der Waals surface area contributed by atoms with Gasteiger partial charge in [-0.2, -0.15) is 0 Å². The van der Waals surface area contributed by atoms with Crippen LogP contribution in [0.15, 0.2) is 18.2 Å². The van der Waals surface area contributed by atoms with Gasteiger partial charge in [0.05, 0.1) is 16.3 Å². The summed E-state index contributed by atoms with van der Waals surface area (Å²) in [5.74, 6) is -0.680. The SMILES string of the molecule is CCC(O)(CC)CNC(=O)Nc1cccc(Cl)c1F. The van der Waals surface area contributed by atoms with Gasteiger partial charge in [-0.25, -0.2) is 9.18 Å². The number of hydrogen-bond acceptors (Lipinski definition) is 2. The van der Waals surface area contributed by atoms with Gasteiger partial charge in [0.25, 0.3) is 0 Å². The molecule has 0 aromatic heterocycles. The third-order valence-corrected chi connectivity index (χ3v) is 3.39. The first-order valence-electron chi connectivity index (χ1n) is 6.13. The van der Waals surface area contributed by atoms with Crippen molar-refractivity contribution >= 4 is 23.3 Å². The van der Waals surface area contributed by atoms with Crippen LogP contribution in [0.5, 0.6) is 0 Å². The Morgan fingerprint density at radius 2 is 2.05 bits per heavy atom. The molecule has 0 atom stereocenters. The summed E-state index contributed by atoms with van der Waals surface area (Å²) < 4.78 is 13.5. The molecule has 19 heavy (non-hydrogen) atoms. The van der Waals surface area contributed by atoms with E-state index in [1.807, 2.05) is 13.8 Å². The third kappa shape index (κ3) is 4.36. The molecule has 0 saturated carbocycles. The average Bonchev–Trinajstić information content (AvgIpc) is 2.41. The lowest BCUT2D eigenvalue weighted by Gasteiger charge is -2.25. The lowest BCUT2D eigenvalue weighted by Crippen LogP contribution is -2.43. The fourth-order valence-electron chi connectivity index (χ4n) is 1.51. The summed E-state index contributed by atoms with van der Waals surface area (Å²) in [5.41, 5.74) is -0.939. The summed E-state index contributed by atoms with van der Waals surface area (Å²) in [6.07, 6.45) is 1.05. The Kier molecular flexibility index (Phi) is 5.57. The van der Waals surface area contributed by atoms with Crippen molar-refractivity contribution in [2.45, 2.75) is 32.3 Å². The van der Waals surface area contributed by atoms with E-state index in [9.17, 15) is 14.3 Å². The number of carbonyl (C=O) groups excluding carboxylic acids is 1. The highest BCUT2D eigenvalue weighted by Crippen LogP contribution is 2.21. The Balaban J connectivity index is 2.59. The van der Waals surface area contributed by atoms with Gasteiger partial charge in [-0.15, -0.1) is 0 Å². The second-order valence-electron chi connectivity index (χ2n) is 4.34. The topological polar surface area (TPSA) is 61.4 Å². The average molecular weight is 289 g/mol. The van der Waals surface area contributed by atoms with Crippen molar-refractivity contribution in [3.8, 4) is 0 Å². The highest BCUT2D eigenvalue weighted by Gasteiger charge is 2.22. The first-order valence-corrected chi connectivity index (χ1v) is 6.51. The summed E-state index contributed by atoms with van der Waals surface area (Å²) >= 11 is 5.61. The smallest absolute Gasteiger partial charge is 0.319 e. The first-order chi connectivity index (χ1) is 8.91. The first kappa shape index (κ1) is 15.7. The van der Waals surface area contributed by atoms with E-state index in [0.717, 1.165) is 0 Å². The number of benzene rings is 1. The highest BCUT2D eigenvalue weighted by molar-refractivity contribution is 6.31. The van der Waals surface area contributed by atoms with E-state index in [4.69, 9.17) is 11.6 Å². The Morgan fingerprint density at radius 3 is 2.63 bits per heavy atom. The number of amides is 2. The van der Waals surface area contributed by atoms with Gasteiger partial charge in [-0.05, 0) is 25.0 Å². The quantitative estimate of drug-likeness (QED) is 0.779. The van der Waals surface area contributed by atoms with Crippen LogP contribution < -0.4 is 10.6 Å². The summed E-state index contributed by atoms with van der Waals surface area (Å²) in [6.45, 7) is 3.77. The zero-order valence-corrected chi connectivity index (χ0v) is 11.7. The predicted octanol–water partition coefficient (Wildman–Crippen LogP) is 3.15. The van der Waals surface area contributed by atoms with Crippen molar-refractivity contribution in [3.63, 3.8) is 0 Å². The molecule has 3 N–H and O–H groups in total. The minimum Gasteiger partial charge on any atom is -0.388 e. The summed E-state index contributed by atoms with van der Waals surface area (Å²) in [4.78, 5) is 11.6. The Bertz CT molecular complexity index is 450. The number of hydrogen-bond donors (Lipinski definition) is 3. The maximum atomic E-state index is 13.5. The molecule has 0 aliphatic carbocycles. The largest absolute Gasteiger partial charge is 0.388 e. The van der Waals surface area contributed by atoms with Crippen molar-refractivity contribution in [2.75, 3.05) is 11.9 Å².